The Balaban J connectivity index is 1.94. The van der Waals surface area contributed by atoms with Crippen molar-refractivity contribution in [1.82, 2.24) is 4.90 Å². The number of hydrogen-bond donors (Lipinski definition) is 0. The molecular weight excluding hydrogens is 204 g/mol. The van der Waals surface area contributed by atoms with E-state index in [1.165, 1.54) is 7.11 Å². The summed E-state index contributed by atoms with van der Waals surface area (Å²) in [7, 11) is 1.45. The quantitative estimate of drug-likeness (QED) is 0.673. The van der Waals surface area contributed by atoms with E-state index in [0.717, 1.165) is 38.8 Å². The lowest BCUT2D eigenvalue weighted by molar-refractivity contribution is -0.146. The number of ether oxygens (including phenoxy) is 1. The normalized spacial score (nSPS) is 27.4. The highest BCUT2D eigenvalue weighted by Crippen LogP contribution is 2.49. The van der Waals surface area contributed by atoms with Crippen LogP contribution in [0.5, 0.6) is 0 Å². The molecule has 88 valence electrons. The van der Waals surface area contributed by atoms with E-state index in [2.05, 4.69) is 11.0 Å². The Morgan fingerprint density at radius 1 is 1.62 bits per heavy atom. The van der Waals surface area contributed by atoms with Crippen LogP contribution in [0.2, 0.25) is 0 Å². The van der Waals surface area contributed by atoms with Crippen LogP contribution >= 0.6 is 0 Å². The highest BCUT2D eigenvalue weighted by Gasteiger charge is 2.46. The summed E-state index contributed by atoms with van der Waals surface area (Å²) in [6, 6.07) is 2.19. The standard InChI is InChI=1S/C12H18N2O2/c1-16-11(15)10-3-2-8-14(10)9-12(4-5-12)6-7-13/h10H,2-6,8-9H2,1H3. The Kier molecular flexibility index (Phi) is 3.15. The van der Waals surface area contributed by atoms with Crippen molar-refractivity contribution in [2.75, 3.05) is 20.2 Å². The Hall–Kier alpha value is -1.08. The van der Waals surface area contributed by atoms with Gasteiger partial charge in [0.25, 0.3) is 0 Å². The molecule has 0 spiro atoms. The molecule has 1 unspecified atom stereocenters. The zero-order valence-corrected chi connectivity index (χ0v) is 9.74. The van der Waals surface area contributed by atoms with Crippen LogP contribution in [0, 0.1) is 16.7 Å². The molecule has 1 aliphatic carbocycles. The van der Waals surface area contributed by atoms with Gasteiger partial charge in [-0.15, -0.1) is 0 Å². The van der Waals surface area contributed by atoms with Crippen molar-refractivity contribution in [3.63, 3.8) is 0 Å². The van der Waals surface area contributed by atoms with Gasteiger partial charge in [-0.1, -0.05) is 0 Å². The van der Waals surface area contributed by atoms with Gasteiger partial charge >= 0.3 is 5.97 Å². The minimum Gasteiger partial charge on any atom is -0.468 e. The van der Waals surface area contributed by atoms with E-state index in [1.807, 2.05) is 0 Å². The molecule has 0 bridgehead atoms. The minimum atomic E-state index is -0.120. The summed E-state index contributed by atoms with van der Waals surface area (Å²) in [5, 5.41) is 8.78. The van der Waals surface area contributed by atoms with Crippen LogP contribution in [0.15, 0.2) is 0 Å². The molecule has 1 saturated heterocycles. The number of methoxy groups -OCH3 is 1. The second kappa shape index (κ2) is 4.42. The molecule has 0 amide bonds. The lowest BCUT2D eigenvalue weighted by Gasteiger charge is -2.26. The molecule has 0 aromatic carbocycles. The summed E-state index contributed by atoms with van der Waals surface area (Å²) in [6.07, 6.45) is 4.84. The second-order valence-corrected chi connectivity index (χ2v) is 4.99. The smallest absolute Gasteiger partial charge is 0.323 e. The van der Waals surface area contributed by atoms with Gasteiger partial charge in [-0.2, -0.15) is 5.26 Å². The lowest BCUT2D eigenvalue weighted by Crippen LogP contribution is -2.40. The van der Waals surface area contributed by atoms with E-state index in [4.69, 9.17) is 10.00 Å². The Morgan fingerprint density at radius 3 is 2.94 bits per heavy atom. The first-order valence-electron chi connectivity index (χ1n) is 5.90. The molecule has 1 saturated carbocycles. The van der Waals surface area contributed by atoms with Gasteiger partial charge in [-0.3, -0.25) is 9.69 Å². The number of esters is 1. The van der Waals surface area contributed by atoms with E-state index in [-0.39, 0.29) is 17.4 Å². The van der Waals surface area contributed by atoms with E-state index >= 15 is 0 Å². The molecular formula is C12H18N2O2. The van der Waals surface area contributed by atoms with Gasteiger partial charge in [0.05, 0.1) is 13.2 Å². The third-order valence-electron chi connectivity index (χ3n) is 3.79. The predicted octanol–water partition coefficient (Wildman–Crippen LogP) is 1.32. The number of nitriles is 1. The third-order valence-corrected chi connectivity index (χ3v) is 3.79. The van der Waals surface area contributed by atoms with Gasteiger partial charge in [-0.05, 0) is 37.6 Å². The summed E-state index contributed by atoms with van der Waals surface area (Å²) in [4.78, 5) is 13.8. The molecule has 4 heteroatoms. The fraction of sp³-hybridized carbons (Fsp3) is 0.833. The summed E-state index contributed by atoms with van der Waals surface area (Å²) in [5.74, 6) is -0.120. The van der Waals surface area contributed by atoms with Gasteiger partial charge in [0, 0.05) is 13.0 Å². The fourth-order valence-electron chi connectivity index (χ4n) is 2.58. The fourth-order valence-corrected chi connectivity index (χ4v) is 2.58. The maximum Gasteiger partial charge on any atom is 0.323 e. The number of likely N-dealkylation sites (tertiary alicyclic amines) is 1. The number of hydrogen-bond acceptors (Lipinski definition) is 4. The van der Waals surface area contributed by atoms with Crippen molar-refractivity contribution in [3.8, 4) is 6.07 Å². The van der Waals surface area contributed by atoms with E-state index in [9.17, 15) is 4.79 Å². The highest BCUT2D eigenvalue weighted by molar-refractivity contribution is 5.76. The lowest BCUT2D eigenvalue weighted by atomic mass is 10.0. The summed E-state index contributed by atoms with van der Waals surface area (Å²) in [5.41, 5.74) is 0.186. The first kappa shape index (κ1) is 11.4. The van der Waals surface area contributed by atoms with Gasteiger partial charge in [0.1, 0.15) is 6.04 Å². The Bertz CT molecular complexity index is 317. The Morgan fingerprint density at radius 2 is 2.38 bits per heavy atom. The molecule has 1 heterocycles. The van der Waals surface area contributed by atoms with Crippen LogP contribution in [0.4, 0.5) is 0 Å². The Labute approximate surface area is 96.2 Å². The van der Waals surface area contributed by atoms with Crippen molar-refractivity contribution in [2.45, 2.75) is 38.1 Å². The zero-order chi connectivity index (χ0) is 11.6. The summed E-state index contributed by atoms with van der Waals surface area (Å²) >= 11 is 0. The average Bonchev–Trinajstić information content (AvgIpc) is 2.87. The van der Waals surface area contributed by atoms with Crippen LogP contribution < -0.4 is 0 Å². The van der Waals surface area contributed by atoms with Crippen molar-refractivity contribution in [3.05, 3.63) is 0 Å². The number of rotatable bonds is 4. The van der Waals surface area contributed by atoms with Crippen LogP contribution in [0.1, 0.15) is 32.1 Å². The molecule has 0 N–H and O–H groups in total. The van der Waals surface area contributed by atoms with Crippen molar-refractivity contribution < 1.29 is 9.53 Å². The highest BCUT2D eigenvalue weighted by atomic mass is 16.5. The monoisotopic (exact) mass is 222 g/mol. The summed E-state index contributed by atoms with van der Waals surface area (Å²) in [6.45, 7) is 1.85. The average molecular weight is 222 g/mol. The van der Waals surface area contributed by atoms with Crippen LogP contribution in [0.25, 0.3) is 0 Å². The van der Waals surface area contributed by atoms with E-state index in [0.29, 0.717) is 6.42 Å². The SMILES string of the molecule is COC(=O)C1CCCN1CC1(CC#N)CC1. The maximum atomic E-state index is 11.6. The van der Waals surface area contributed by atoms with Crippen molar-refractivity contribution in [2.24, 2.45) is 5.41 Å². The van der Waals surface area contributed by atoms with Crippen molar-refractivity contribution >= 4 is 5.97 Å². The minimum absolute atomic E-state index is 0.0684. The number of nitrogens with zero attached hydrogens (tertiary/aromatic N) is 2. The van der Waals surface area contributed by atoms with Crippen molar-refractivity contribution in [1.29, 1.82) is 5.26 Å². The molecule has 0 aromatic rings. The molecule has 0 radical (unpaired) electrons. The largest absolute Gasteiger partial charge is 0.468 e. The van der Waals surface area contributed by atoms with Gasteiger partial charge in [-0.25, -0.2) is 0 Å². The molecule has 2 aliphatic rings. The molecule has 4 nitrogen and oxygen atoms in total. The van der Waals surface area contributed by atoms with Crippen LogP contribution in [-0.4, -0.2) is 37.1 Å². The second-order valence-electron chi connectivity index (χ2n) is 4.99. The number of carbonyl (C=O) groups excluding carboxylic acids is 1. The zero-order valence-electron chi connectivity index (χ0n) is 9.74. The molecule has 2 fully saturated rings. The first-order chi connectivity index (χ1) is 7.71. The topological polar surface area (TPSA) is 53.3 Å². The van der Waals surface area contributed by atoms with Gasteiger partial charge in [0.15, 0.2) is 0 Å². The van der Waals surface area contributed by atoms with E-state index < -0.39 is 0 Å². The van der Waals surface area contributed by atoms with Crippen LogP contribution in [-0.2, 0) is 9.53 Å². The maximum absolute atomic E-state index is 11.6. The van der Waals surface area contributed by atoms with Gasteiger partial charge < -0.3 is 4.74 Å². The predicted molar refractivity (Wildman–Crippen MR) is 58.5 cm³/mol. The first-order valence-corrected chi connectivity index (χ1v) is 5.90. The molecule has 1 aliphatic heterocycles. The van der Waals surface area contributed by atoms with Crippen LogP contribution in [0.3, 0.4) is 0 Å². The van der Waals surface area contributed by atoms with Gasteiger partial charge in [0.2, 0.25) is 0 Å². The molecule has 2 rings (SSSR count). The third kappa shape index (κ3) is 2.19. The molecule has 16 heavy (non-hydrogen) atoms. The molecule has 0 aromatic heterocycles. The summed E-state index contributed by atoms with van der Waals surface area (Å²) < 4.78 is 4.81. The number of carbonyl (C=O) groups is 1. The molecule has 1 atom stereocenters. The van der Waals surface area contributed by atoms with E-state index in [1.54, 1.807) is 0 Å².